The summed E-state index contributed by atoms with van der Waals surface area (Å²) in [6, 6.07) is 1.17. The summed E-state index contributed by atoms with van der Waals surface area (Å²) in [6.07, 6.45) is 9.10. The van der Waals surface area contributed by atoms with Crippen LogP contribution in [0.2, 0.25) is 25.7 Å². The van der Waals surface area contributed by atoms with Gasteiger partial charge in [-0.3, -0.25) is 0 Å². The van der Waals surface area contributed by atoms with Gasteiger partial charge in [0, 0.05) is 40.7 Å². The second kappa shape index (κ2) is 13.6. The van der Waals surface area contributed by atoms with E-state index in [-0.39, 0.29) is 11.5 Å². The molecule has 35 heavy (non-hydrogen) atoms. The Labute approximate surface area is 218 Å². The van der Waals surface area contributed by atoms with Crippen molar-refractivity contribution in [2.45, 2.75) is 64.4 Å². The van der Waals surface area contributed by atoms with E-state index >= 15 is 0 Å². The zero-order chi connectivity index (χ0) is 25.5. The molecular weight excluding hydrogens is 480 g/mol. The highest BCUT2D eigenvalue weighted by Gasteiger charge is 2.56. The van der Waals surface area contributed by atoms with Crippen LogP contribution in [0, 0.1) is 23.2 Å². The van der Waals surface area contributed by atoms with Gasteiger partial charge in [0.15, 0.2) is 0 Å². The number of hydrogen-bond acceptors (Lipinski definition) is 7. The van der Waals surface area contributed by atoms with Gasteiger partial charge in [-0.05, 0) is 65.9 Å². The van der Waals surface area contributed by atoms with Crippen molar-refractivity contribution in [2.24, 2.45) is 23.2 Å². The number of ether oxygens (including phenoxy) is 6. The van der Waals surface area contributed by atoms with Gasteiger partial charge in [-0.2, -0.15) is 0 Å². The smallest absolute Gasteiger partial charge is 0.147 e. The van der Waals surface area contributed by atoms with Crippen LogP contribution in [0.15, 0.2) is 22.1 Å². The average molecular weight is 529 g/mol. The molecule has 202 valence electrons. The molecule has 0 N–H and O–H groups in total. The van der Waals surface area contributed by atoms with Crippen molar-refractivity contribution in [2.75, 3.05) is 60.7 Å². The maximum Gasteiger partial charge on any atom is 0.147 e. The van der Waals surface area contributed by atoms with Crippen LogP contribution in [0.25, 0.3) is 0 Å². The van der Waals surface area contributed by atoms with E-state index in [9.17, 15) is 0 Å². The van der Waals surface area contributed by atoms with Gasteiger partial charge >= 0.3 is 0 Å². The molecule has 3 aliphatic rings. The van der Waals surface area contributed by atoms with Crippen LogP contribution in [-0.2, 0) is 28.4 Å². The summed E-state index contributed by atoms with van der Waals surface area (Å²) < 4.78 is 34.9. The SMILES string of the molecule is COCOC[C@@H]1C2=C(CCC(SC)=C2)[C@@H]2[C@H]1[C@](C)(COCOC)CC[C@H]2OCOCC[Si](C)(C)C. The van der Waals surface area contributed by atoms with Crippen molar-refractivity contribution in [3.05, 3.63) is 22.1 Å². The number of thioether (sulfide) groups is 1. The number of methoxy groups -OCH3 is 2. The Hall–Kier alpha value is -0.193. The van der Waals surface area contributed by atoms with E-state index in [0.29, 0.717) is 51.3 Å². The predicted molar refractivity (Wildman–Crippen MR) is 145 cm³/mol. The van der Waals surface area contributed by atoms with Crippen molar-refractivity contribution in [1.29, 1.82) is 0 Å². The molecule has 1 saturated carbocycles. The number of allylic oxidation sites excluding steroid dienone is 2. The van der Waals surface area contributed by atoms with Crippen LogP contribution >= 0.6 is 11.8 Å². The lowest BCUT2D eigenvalue weighted by Crippen LogP contribution is -2.49. The van der Waals surface area contributed by atoms with Gasteiger partial charge in [0.05, 0.1) is 19.3 Å². The fraction of sp³-hybridized carbons (Fsp3) is 0.852. The first-order valence-electron chi connectivity index (χ1n) is 13.0. The van der Waals surface area contributed by atoms with E-state index in [0.717, 1.165) is 32.3 Å². The van der Waals surface area contributed by atoms with Crippen molar-refractivity contribution in [1.82, 2.24) is 0 Å². The molecule has 0 saturated heterocycles. The van der Waals surface area contributed by atoms with E-state index in [1.54, 1.807) is 19.8 Å². The van der Waals surface area contributed by atoms with Crippen LogP contribution in [0.4, 0.5) is 0 Å². The summed E-state index contributed by atoms with van der Waals surface area (Å²) >= 11 is 1.87. The Kier molecular flexibility index (Phi) is 11.4. The van der Waals surface area contributed by atoms with Gasteiger partial charge in [-0.15, -0.1) is 11.8 Å². The Morgan fingerprint density at radius 1 is 1.03 bits per heavy atom. The molecule has 0 aromatic heterocycles. The fourth-order valence-electron chi connectivity index (χ4n) is 6.20. The zero-order valence-electron chi connectivity index (χ0n) is 23.0. The molecule has 0 aromatic rings. The minimum atomic E-state index is -1.11. The highest BCUT2D eigenvalue weighted by molar-refractivity contribution is 8.02. The molecule has 1 fully saturated rings. The van der Waals surface area contributed by atoms with Crippen LogP contribution in [0.3, 0.4) is 0 Å². The summed E-state index contributed by atoms with van der Waals surface area (Å²) in [7, 11) is 2.26. The van der Waals surface area contributed by atoms with Crippen LogP contribution in [-0.4, -0.2) is 74.9 Å². The third kappa shape index (κ3) is 7.66. The molecule has 0 aromatic carbocycles. The molecule has 0 unspecified atom stereocenters. The van der Waals surface area contributed by atoms with Crippen LogP contribution < -0.4 is 0 Å². The summed E-state index contributed by atoms with van der Waals surface area (Å²) in [5, 5.41) is 0. The third-order valence-electron chi connectivity index (χ3n) is 7.91. The Balaban J connectivity index is 1.83. The van der Waals surface area contributed by atoms with Gasteiger partial charge in [0.25, 0.3) is 0 Å². The molecule has 8 heteroatoms. The first kappa shape index (κ1) is 29.4. The van der Waals surface area contributed by atoms with Crippen molar-refractivity contribution in [3.8, 4) is 0 Å². The van der Waals surface area contributed by atoms with E-state index in [2.05, 4.69) is 38.9 Å². The molecular formula is C27H48O6SSi. The molecule has 0 heterocycles. The summed E-state index contributed by atoms with van der Waals surface area (Å²) in [4.78, 5) is 1.46. The minimum absolute atomic E-state index is 0.0214. The average Bonchev–Trinajstić information content (AvgIpc) is 3.15. The van der Waals surface area contributed by atoms with Gasteiger partial charge in [0.1, 0.15) is 20.4 Å². The molecule has 3 rings (SSSR count). The van der Waals surface area contributed by atoms with E-state index in [1.807, 2.05) is 11.8 Å². The summed E-state index contributed by atoms with van der Waals surface area (Å²) in [5.41, 5.74) is 3.07. The summed E-state index contributed by atoms with van der Waals surface area (Å²) in [6.45, 7) is 12.7. The first-order chi connectivity index (χ1) is 16.7. The molecule has 0 bridgehead atoms. The molecule has 0 aliphatic heterocycles. The maximum absolute atomic E-state index is 6.51. The van der Waals surface area contributed by atoms with Crippen molar-refractivity contribution in [3.63, 3.8) is 0 Å². The van der Waals surface area contributed by atoms with E-state index in [1.165, 1.54) is 16.5 Å². The molecule has 0 amide bonds. The van der Waals surface area contributed by atoms with E-state index < -0.39 is 8.07 Å². The van der Waals surface area contributed by atoms with Gasteiger partial charge in [-0.1, -0.05) is 32.1 Å². The van der Waals surface area contributed by atoms with Gasteiger partial charge in [-0.25, -0.2) is 0 Å². The predicted octanol–water partition coefficient (Wildman–Crippen LogP) is 5.92. The van der Waals surface area contributed by atoms with Crippen LogP contribution in [0.1, 0.15) is 32.6 Å². The van der Waals surface area contributed by atoms with Crippen LogP contribution in [0.5, 0.6) is 0 Å². The summed E-state index contributed by atoms with van der Waals surface area (Å²) in [5.74, 6) is 1.06. The largest absolute Gasteiger partial charge is 0.359 e. The second-order valence-electron chi connectivity index (χ2n) is 11.7. The van der Waals surface area contributed by atoms with Crippen molar-refractivity contribution >= 4 is 19.8 Å². The highest BCUT2D eigenvalue weighted by Crippen LogP contribution is 2.60. The maximum atomic E-state index is 6.51. The second-order valence-corrected chi connectivity index (χ2v) is 18.3. The van der Waals surface area contributed by atoms with Gasteiger partial charge in [0.2, 0.25) is 0 Å². The monoisotopic (exact) mass is 528 g/mol. The quantitative estimate of drug-likeness (QED) is 0.148. The highest BCUT2D eigenvalue weighted by atomic mass is 32.2. The minimum Gasteiger partial charge on any atom is -0.359 e. The molecule has 0 spiro atoms. The topological polar surface area (TPSA) is 55.4 Å². The number of fused-ring (bicyclic) bond motifs is 2. The first-order valence-corrected chi connectivity index (χ1v) is 18.0. The standard InChI is InChI=1S/C27H48O6SSi/c1-27(16-32-18-29-3)11-10-24(33-19-30-12-13-35(5,6)7)25-21-9-8-20(34-4)14-22(21)23(26(25)27)15-31-17-28-2/h14,23-26H,8-13,15-19H2,1-7H3/t23-,24-,25+,26+,27+/m1/s1. The van der Waals surface area contributed by atoms with Gasteiger partial charge < -0.3 is 28.4 Å². The Bertz CT molecular complexity index is 736. The fourth-order valence-corrected chi connectivity index (χ4v) is 7.51. The molecule has 5 atom stereocenters. The number of hydrogen-bond donors (Lipinski definition) is 0. The Morgan fingerprint density at radius 3 is 2.46 bits per heavy atom. The number of rotatable bonds is 15. The Morgan fingerprint density at radius 2 is 1.77 bits per heavy atom. The van der Waals surface area contributed by atoms with E-state index in [4.69, 9.17) is 28.4 Å². The molecule has 0 radical (unpaired) electrons. The lowest BCUT2D eigenvalue weighted by molar-refractivity contribution is -0.159. The third-order valence-corrected chi connectivity index (χ3v) is 10.5. The molecule has 6 nitrogen and oxygen atoms in total. The van der Waals surface area contributed by atoms with Crippen molar-refractivity contribution < 1.29 is 28.4 Å². The lowest BCUT2D eigenvalue weighted by Gasteiger charge is -2.49. The zero-order valence-corrected chi connectivity index (χ0v) is 24.8. The lowest BCUT2D eigenvalue weighted by atomic mass is 9.59. The molecule has 3 aliphatic carbocycles. The normalized spacial score (nSPS) is 30.9.